The third kappa shape index (κ3) is 4.74. The van der Waals surface area contributed by atoms with E-state index in [-0.39, 0.29) is 18.1 Å². The molecule has 2 fully saturated rings. The van der Waals surface area contributed by atoms with Crippen molar-refractivity contribution < 1.29 is 14.3 Å². The van der Waals surface area contributed by atoms with Crippen LogP contribution in [0, 0.1) is 5.41 Å². The van der Waals surface area contributed by atoms with E-state index in [1.165, 1.54) is 0 Å². The molecule has 2 aliphatic rings. The van der Waals surface area contributed by atoms with Crippen LogP contribution < -0.4 is 20.1 Å². The average Bonchev–Trinajstić information content (AvgIpc) is 2.96. The van der Waals surface area contributed by atoms with Crippen LogP contribution in [0.3, 0.4) is 0 Å². The Labute approximate surface area is 162 Å². The van der Waals surface area contributed by atoms with E-state index in [0.29, 0.717) is 17.7 Å². The van der Waals surface area contributed by atoms with Crippen LogP contribution >= 0.6 is 0 Å². The molecule has 6 nitrogen and oxygen atoms in total. The Hall–Kier alpha value is -1.79. The van der Waals surface area contributed by atoms with Gasteiger partial charge in [-0.25, -0.2) is 0 Å². The van der Waals surface area contributed by atoms with Crippen molar-refractivity contribution in [3.05, 3.63) is 23.8 Å². The molecule has 1 unspecified atom stereocenters. The van der Waals surface area contributed by atoms with Crippen LogP contribution in [0.5, 0.6) is 11.5 Å². The number of methoxy groups -OCH3 is 1. The molecule has 3 rings (SSSR count). The Morgan fingerprint density at radius 1 is 1.33 bits per heavy atom. The lowest BCUT2D eigenvalue weighted by Gasteiger charge is -2.33. The second-order valence-corrected chi connectivity index (χ2v) is 8.25. The molecule has 6 heteroatoms. The lowest BCUT2D eigenvalue weighted by molar-refractivity contribution is -0.125. The molecule has 1 atom stereocenters. The third-order valence-electron chi connectivity index (χ3n) is 5.77. The third-order valence-corrected chi connectivity index (χ3v) is 5.77. The molecule has 0 aromatic heterocycles. The first-order chi connectivity index (χ1) is 12.9. The molecule has 1 amide bonds. The highest BCUT2D eigenvalue weighted by Gasteiger charge is 2.45. The Morgan fingerprint density at radius 2 is 2.07 bits per heavy atom. The molecule has 27 heavy (non-hydrogen) atoms. The Kier molecular flexibility index (Phi) is 6.27. The SMILES string of the molecule is COc1cc(CNC(=O)C2CC3(CCNCC3)CN2C)ccc1OC(C)C. The molecule has 2 saturated heterocycles. The van der Waals surface area contributed by atoms with E-state index in [1.807, 2.05) is 32.0 Å². The van der Waals surface area contributed by atoms with Crippen LogP contribution in [-0.4, -0.2) is 56.7 Å². The summed E-state index contributed by atoms with van der Waals surface area (Å²) >= 11 is 0. The summed E-state index contributed by atoms with van der Waals surface area (Å²) in [6.45, 7) is 7.61. The maximum atomic E-state index is 12.8. The zero-order chi connectivity index (χ0) is 19.4. The smallest absolute Gasteiger partial charge is 0.237 e. The van der Waals surface area contributed by atoms with E-state index >= 15 is 0 Å². The van der Waals surface area contributed by atoms with E-state index in [0.717, 1.165) is 50.2 Å². The lowest BCUT2D eigenvalue weighted by atomic mass is 9.77. The number of amides is 1. The summed E-state index contributed by atoms with van der Waals surface area (Å²) in [5.41, 5.74) is 1.31. The number of ether oxygens (including phenoxy) is 2. The van der Waals surface area contributed by atoms with Gasteiger partial charge in [0.15, 0.2) is 11.5 Å². The van der Waals surface area contributed by atoms with Gasteiger partial charge in [-0.15, -0.1) is 0 Å². The molecule has 1 aromatic carbocycles. The van der Waals surface area contributed by atoms with E-state index < -0.39 is 0 Å². The molecule has 0 bridgehead atoms. The summed E-state index contributed by atoms with van der Waals surface area (Å²) in [5.74, 6) is 1.54. The molecule has 2 aliphatic heterocycles. The monoisotopic (exact) mass is 375 g/mol. The van der Waals surface area contributed by atoms with Crippen molar-refractivity contribution in [3.8, 4) is 11.5 Å². The number of hydrogen-bond acceptors (Lipinski definition) is 5. The summed E-state index contributed by atoms with van der Waals surface area (Å²) in [6.07, 6.45) is 3.37. The van der Waals surface area contributed by atoms with Gasteiger partial charge in [-0.2, -0.15) is 0 Å². The predicted molar refractivity (Wildman–Crippen MR) is 106 cm³/mol. The minimum atomic E-state index is -0.0338. The van der Waals surface area contributed by atoms with Crippen molar-refractivity contribution in [2.24, 2.45) is 5.41 Å². The number of hydrogen-bond donors (Lipinski definition) is 2. The zero-order valence-electron chi connectivity index (χ0n) is 17.0. The highest BCUT2D eigenvalue weighted by Crippen LogP contribution is 2.41. The number of carbonyl (C=O) groups is 1. The largest absolute Gasteiger partial charge is 0.493 e. The fraction of sp³-hybridized carbons (Fsp3) is 0.667. The van der Waals surface area contributed by atoms with Crippen molar-refractivity contribution in [2.75, 3.05) is 33.8 Å². The molecule has 1 spiro atoms. The molecule has 150 valence electrons. The van der Waals surface area contributed by atoms with Crippen molar-refractivity contribution in [2.45, 2.75) is 51.8 Å². The second-order valence-electron chi connectivity index (χ2n) is 8.25. The van der Waals surface area contributed by atoms with Crippen LogP contribution in [0.4, 0.5) is 0 Å². The van der Waals surface area contributed by atoms with Gasteiger partial charge in [0.2, 0.25) is 5.91 Å². The van der Waals surface area contributed by atoms with E-state index in [2.05, 4.69) is 22.6 Å². The molecule has 0 aliphatic carbocycles. The minimum absolute atomic E-state index is 0.0338. The van der Waals surface area contributed by atoms with Crippen LogP contribution in [0.15, 0.2) is 18.2 Å². The topological polar surface area (TPSA) is 62.8 Å². The molecule has 0 saturated carbocycles. The van der Waals surface area contributed by atoms with Crippen LogP contribution in [0.25, 0.3) is 0 Å². The van der Waals surface area contributed by atoms with Gasteiger partial charge in [0.1, 0.15) is 0 Å². The van der Waals surface area contributed by atoms with E-state index in [9.17, 15) is 4.79 Å². The van der Waals surface area contributed by atoms with Crippen molar-refractivity contribution in [1.82, 2.24) is 15.5 Å². The number of carbonyl (C=O) groups excluding carboxylic acids is 1. The molecule has 2 N–H and O–H groups in total. The fourth-order valence-corrected chi connectivity index (χ4v) is 4.36. The summed E-state index contributed by atoms with van der Waals surface area (Å²) in [7, 11) is 3.71. The fourth-order valence-electron chi connectivity index (χ4n) is 4.36. The number of benzene rings is 1. The first-order valence-electron chi connectivity index (χ1n) is 9.95. The number of piperidine rings is 1. The first kappa shape index (κ1) is 20.0. The van der Waals surface area contributed by atoms with Gasteiger partial charge in [-0.05, 0) is 76.4 Å². The maximum absolute atomic E-state index is 12.8. The normalized spacial score (nSPS) is 22.2. The van der Waals surface area contributed by atoms with Gasteiger partial charge in [0.05, 0.1) is 19.3 Å². The van der Waals surface area contributed by atoms with Gasteiger partial charge in [-0.1, -0.05) is 6.07 Å². The highest BCUT2D eigenvalue weighted by atomic mass is 16.5. The number of nitrogens with zero attached hydrogens (tertiary/aromatic N) is 1. The van der Waals surface area contributed by atoms with Crippen LogP contribution in [-0.2, 0) is 11.3 Å². The maximum Gasteiger partial charge on any atom is 0.237 e. The lowest BCUT2D eigenvalue weighted by Crippen LogP contribution is -2.41. The van der Waals surface area contributed by atoms with E-state index in [1.54, 1.807) is 7.11 Å². The Balaban J connectivity index is 1.59. The minimum Gasteiger partial charge on any atom is -0.493 e. The van der Waals surface area contributed by atoms with Crippen molar-refractivity contribution in [3.63, 3.8) is 0 Å². The molecule has 2 heterocycles. The summed E-state index contributed by atoms with van der Waals surface area (Å²) in [4.78, 5) is 15.0. The standard InChI is InChI=1S/C21H33N3O3/c1-15(2)27-18-6-5-16(11-19(18)26-4)13-23-20(25)17-12-21(14-24(17)3)7-9-22-10-8-21/h5-6,11,15,17,22H,7-10,12-14H2,1-4H3,(H,23,25). The predicted octanol–water partition coefficient (Wildman–Crippen LogP) is 2.17. The van der Waals surface area contributed by atoms with Gasteiger partial charge in [0, 0.05) is 13.1 Å². The number of nitrogens with one attached hydrogen (secondary N) is 2. The summed E-state index contributed by atoms with van der Waals surface area (Å²) in [5, 5.41) is 6.54. The van der Waals surface area contributed by atoms with Gasteiger partial charge in [-0.3, -0.25) is 9.69 Å². The molecular weight excluding hydrogens is 342 g/mol. The van der Waals surface area contributed by atoms with Gasteiger partial charge in [0.25, 0.3) is 0 Å². The second kappa shape index (κ2) is 8.48. The number of rotatable bonds is 6. The summed E-state index contributed by atoms with van der Waals surface area (Å²) < 4.78 is 11.2. The van der Waals surface area contributed by atoms with Crippen molar-refractivity contribution in [1.29, 1.82) is 0 Å². The van der Waals surface area contributed by atoms with Crippen molar-refractivity contribution >= 4 is 5.91 Å². The Morgan fingerprint density at radius 3 is 2.74 bits per heavy atom. The first-order valence-corrected chi connectivity index (χ1v) is 9.95. The quantitative estimate of drug-likeness (QED) is 0.798. The van der Waals surface area contributed by atoms with Gasteiger partial charge < -0.3 is 20.1 Å². The van der Waals surface area contributed by atoms with E-state index in [4.69, 9.17) is 9.47 Å². The summed E-state index contributed by atoms with van der Waals surface area (Å²) in [6, 6.07) is 5.79. The molecular formula is C21H33N3O3. The molecule has 1 aromatic rings. The molecule has 0 radical (unpaired) electrons. The van der Waals surface area contributed by atoms with Gasteiger partial charge >= 0.3 is 0 Å². The van der Waals surface area contributed by atoms with Crippen LogP contribution in [0.1, 0.15) is 38.7 Å². The highest BCUT2D eigenvalue weighted by molar-refractivity contribution is 5.82. The Bertz CT molecular complexity index is 656. The number of likely N-dealkylation sites (N-methyl/N-ethyl adjacent to an activating group) is 1. The van der Waals surface area contributed by atoms with Crippen LogP contribution in [0.2, 0.25) is 0 Å². The number of likely N-dealkylation sites (tertiary alicyclic amines) is 1. The average molecular weight is 376 g/mol. The zero-order valence-corrected chi connectivity index (χ0v) is 17.0.